The van der Waals surface area contributed by atoms with E-state index in [4.69, 9.17) is 0 Å². The van der Waals surface area contributed by atoms with Gasteiger partial charge in [0.1, 0.15) is 4.88 Å². The number of hydrogen-bond acceptors (Lipinski definition) is 7. The van der Waals surface area contributed by atoms with Crippen molar-refractivity contribution in [2.45, 2.75) is 38.6 Å². The standard InChI is InChI=1S/C11H14N6O2S/c18-10(19)11(4-2-1-3-5-11)7-17-9(13-14-15-17)8-6-12-16-20-8/h6H,1-5,7H2,(H,18,19). The van der Waals surface area contributed by atoms with Crippen LogP contribution in [0.3, 0.4) is 0 Å². The summed E-state index contributed by atoms with van der Waals surface area (Å²) in [7, 11) is 0. The number of rotatable bonds is 4. The van der Waals surface area contributed by atoms with Gasteiger partial charge in [0, 0.05) is 0 Å². The average Bonchev–Trinajstić information content (AvgIpc) is 3.10. The summed E-state index contributed by atoms with van der Waals surface area (Å²) < 4.78 is 5.35. The number of hydrogen-bond donors (Lipinski definition) is 1. The molecule has 2 aromatic rings. The predicted molar refractivity (Wildman–Crippen MR) is 69.9 cm³/mol. The Hall–Kier alpha value is -1.90. The minimum atomic E-state index is -0.763. The lowest BCUT2D eigenvalue weighted by Gasteiger charge is -2.32. The lowest BCUT2D eigenvalue weighted by molar-refractivity contribution is -0.152. The first kappa shape index (κ1) is 13.1. The van der Waals surface area contributed by atoms with Crippen molar-refractivity contribution >= 4 is 17.5 Å². The summed E-state index contributed by atoms with van der Waals surface area (Å²) in [5.41, 5.74) is -0.763. The summed E-state index contributed by atoms with van der Waals surface area (Å²) in [6.45, 7) is 0.294. The first-order valence-electron chi connectivity index (χ1n) is 6.49. The Bertz CT molecular complexity index is 590. The van der Waals surface area contributed by atoms with E-state index < -0.39 is 11.4 Å². The molecular weight excluding hydrogens is 280 g/mol. The van der Waals surface area contributed by atoms with Gasteiger partial charge in [0.2, 0.25) is 0 Å². The molecule has 0 amide bonds. The van der Waals surface area contributed by atoms with Gasteiger partial charge in [0.05, 0.1) is 18.2 Å². The van der Waals surface area contributed by atoms with Gasteiger partial charge in [-0.1, -0.05) is 23.8 Å². The number of tetrazole rings is 1. The molecule has 20 heavy (non-hydrogen) atoms. The molecule has 3 rings (SSSR count). The van der Waals surface area contributed by atoms with Gasteiger partial charge < -0.3 is 5.11 Å². The van der Waals surface area contributed by atoms with Crippen molar-refractivity contribution in [1.82, 2.24) is 29.8 Å². The van der Waals surface area contributed by atoms with Crippen LogP contribution in [0.15, 0.2) is 6.20 Å². The van der Waals surface area contributed by atoms with E-state index in [1.807, 2.05) is 0 Å². The monoisotopic (exact) mass is 294 g/mol. The smallest absolute Gasteiger partial charge is 0.311 e. The van der Waals surface area contributed by atoms with Crippen molar-refractivity contribution in [3.63, 3.8) is 0 Å². The molecule has 2 aromatic heterocycles. The number of nitrogens with zero attached hydrogens (tertiary/aromatic N) is 6. The lowest BCUT2D eigenvalue weighted by atomic mass is 9.74. The Morgan fingerprint density at radius 2 is 2.20 bits per heavy atom. The summed E-state index contributed by atoms with van der Waals surface area (Å²) in [5.74, 6) is -0.229. The fourth-order valence-electron chi connectivity index (χ4n) is 2.71. The quantitative estimate of drug-likeness (QED) is 0.903. The molecule has 0 radical (unpaired) electrons. The molecule has 0 aliphatic heterocycles. The van der Waals surface area contributed by atoms with Crippen LogP contribution < -0.4 is 0 Å². The molecule has 0 spiro atoms. The molecule has 1 N–H and O–H groups in total. The molecule has 1 saturated carbocycles. The third-order valence-electron chi connectivity index (χ3n) is 3.83. The topological polar surface area (TPSA) is 107 Å². The zero-order valence-electron chi connectivity index (χ0n) is 10.8. The van der Waals surface area contributed by atoms with Crippen molar-refractivity contribution in [2.75, 3.05) is 0 Å². The molecule has 0 atom stereocenters. The van der Waals surface area contributed by atoms with Crippen LogP contribution in [0.1, 0.15) is 32.1 Å². The fourth-order valence-corrected chi connectivity index (χ4v) is 3.21. The summed E-state index contributed by atoms with van der Waals surface area (Å²) in [6.07, 6.45) is 5.89. The molecule has 0 bridgehead atoms. The van der Waals surface area contributed by atoms with E-state index in [2.05, 4.69) is 25.1 Å². The maximum Gasteiger partial charge on any atom is 0.311 e. The molecule has 106 valence electrons. The molecule has 0 aromatic carbocycles. The van der Waals surface area contributed by atoms with Crippen LogP contribution in [-0.2, 0) is 11.3 Å². The Balaban J connectivity index is 1.90. The zero-order valence-corrected chi connectivity index (χ0v) is 11.6. The number of carboxylic acid groups (broad SMARTS) is 1. The van der Waals surface area contributed by atoms with E-state index in [0.717, 1.165) is 24.1 Å². The number of aliphatic carboxylic acids is 1. The minimum absolute atomic E-state index is 0.294. The van der Waals surface area contributed by atoms with Crippen LogP contribution >= 0.6 is 11.5 Å². The van der Waals surface area contributed by atoms with Crippen molar-refractivity contribution in [1.29, 1.82) is 0 Å². The van der Waals surface area contributed by atoms with Crippen LogP contribution in [-0.4, -0.2) is 40.9 Å². The van der Waals surface area contributed by atoms with Gasteiger partial charge in [-0.25, -0.2) is 4.68 Å². The van der Waals surface area contributed by atoms with E-state index in [1.54, 1.807) is 10.9 Å². The molecular formula is C11H14N6O2S. The zero-order chi connectivity index (χ0) is 14.0. The first-order valence-corrected chi connectivity index (χ1v) is 7.26. The molecule has 8 nitrogen and oxygen atoms in total. The normalized spacial score (nSPS) is 18.0. The van der Waals surface area contributed by atoms with Crippen LogP contribution in [0.5, 0.6) is 0 Å². The van der Waals surface area contributed by atoms with Gasteiger partial charge in [-0.05, 0) is 34.8 Å². The predicted octanol–water partition coefficient (Wildman–Crippen LogP) is 1.23. The Morgan fingerprint density at radius 1 is 1.40 bits per heavy atom. The number of carboxylic acids is 1. The highest BCUT2D eigenvalue weighted by molar-refractivity contribution is 7.09. The first-order chi connectivity index (χ1) is 9.71. The second-order valence-electron chi connectivity index (χ2n) is 5.09. The summed E-state index contributed by atoms with van der Waals surface area (Å²) >= 11 is 1.19. The van der Waals surface area contributed by atoms with Crippen LogP contribution in [0.2, 0.25) is 0 Å². The molecule has 2 heterocycles. The second kappa shape index (κ2) is 5.23. The second-order valence-corrected chi connectivity index (χ2v) is 5.87. The average molecular weight is 294 g/mol. The van der Waals surface area contributed by atoms with E-state index in [9.17, 15) is 9.90 Å². The van der Waals surface area contributed by atoms with Crippen LogP contribution in [0.25, 0.3) is 10.7 Å². The van der Waals surface area contributed by atoms with Gasteiger partial charge in [-0.3, -0.25) is 4.79 Å². The Morgan fingerprint density at radius 3 is 2.85 bits per heavy atom. The van der Waals surface area contributed by atoms with E-state index >= 15 is 0 Å². The Kier molecular flexibility index (Phi) is 3.43. The maximum atomic E-state index is 11.7. The molecule has 1 aliphatic carbocycles. The number of carbonyl (C=O) groups is 1. The van der Waals surface area contributed by atoms with Crippen LogP contribution in [0, 0.1) is 5.41 Å². The SMILES string of the molecule is O=C(O)C1(Cn2nnnc2-c2cnns2)CCCCC1. The third-order valence-corrected chi connectivity index (χ3v) is 4.49. The van der Waals surface area contributed by atoms with Gasteiger partial charge >= 0.3 is 5.97 Å². The molecule has 0 saturated heterocycles. The molecule has 1 aliphatic rings. The maximum absolute atomic E-state index is 11.7. The van der Waals surface area contributed by atoms with E-state index in [0.29, 0.717) is 25.2 Å². The summed E-state index contributed by atoms with van der Waals surface area (Å²) in [5, 5.41) is 24.9. The molecule has 9 heteroatoms. The van der Waals surface area contributed by atoms with E-state index in [1.165, 1.54) is 11.5 Å². The van der Waals surface area contributed by atoms with Gasteiger partial charge in [-0.2, -0.15) is 0 Å². The van der Waals surface area contributed by atoms with Crippen molar-refractivity contribution in [2.24, 2.45) is 5.41 Å². The minimum Gasteiger partial charge on any atom is -0.481 e. The molecule has 0 unspecified atom stereocenters. The highest BCUT2D eigenvalue weighted by Gasteiger charge is 2.41. The van der Waals surface area contributed by atoms with Crippen molar-refractivity contribution in [3.8, 4) is 10.7 Å². The van der Waals surface area contributed by atoms with Gasteiger partial charge in [0.15, 0.2) is 5.82 Å². The van der Waals surface area contributed by atoms with Gasteiger partial charge in [0.25, 0.3) is 0 Å². The largest absolute Gasteiger partial charge is 0.481 e. The highest BCUT2D eigenvalue weighted by Crippen LogP contribution is 2.38. The summed E-state index contributed by atoms with van der Waals surface area (Å²) in [4.78, 5) is 12.4. The summed E-state index contributed by atoms with van der Waals surface area (Å²) in [6, 6.07) is 0. The highest BCUT2D eigenvalue weighted by atomic mass is 32.1. The van der Waals surface area contributed by atoms with Crippen molar-refractivity contribution in [3.05, 3.63) is 6.20 Å². The molecule has 1 fully saturated rings. The third kappa shape index (κ3) is 2.28. The lowest BCUT2D eigenvalue weighted by Crippen LogP contribution is -2.38. The van der Waals surface area contributed by atoms with E-state index in [-0.39, 0.29) is 0 Å². The fraction of sp³-hybridized carbons (Fsp3) is 0.636. The van der Waals surface area contributed by atoms with Gasteiger partial charge in [-0.15, -0.1) is 10.2 Å². The van der Waals surface area contributed by atoms with Crippen LogP contribution in [0.4, 0.5) is 0 Å². The Labute approximate surface area is 119 Å². The van der Waals surface area contributed by atoms with Crippen molar-refractivity contribution < 1.29 is 9.90 Å². The number of aromatic nitrogens is 6.